The van der Waals surface area contributed by atoms with Gasteiger partial charge in [0.15, 0.2) is 5.16 Å². The molecule has 0 radical (unpaired) electrons. The summed E-state index contributed by atoms with van der Waals surface area (Å²) in [6.07, 6.45) is 0. The van der Waals surface area contributed by atoms with Gasteiger partial charge in [-0.3, -0.25) is 9.20 Å². The fourth-order valence-corrected chi connectivity index (χ4v) is 3.32. The summed E-state index contributed by atoms with van der Waals surface area (Å²) < 4.78 is 1.95. The van der Waals surface area contributed by atoms with Crippen molar-refractivity contribution in [1.29, 1.82) is 0 Å². The Kier molecular flexibility index (Phi) is 4.38. The van der Waals surface area contributed by atoms with Crippen LogP contribution in [0.3, 0.4) is 0 Å². The van der Waals surface area contributed by atoms with Crippen LogP contribution in [0, 0.1) is 0 Å². The highest BCUT2D eigenvalue weighted by Crippen LogP contribution is 2.23. The van der Waals surface area contributed by atoms with E-state index in [2.05, 4.69) is 21.8 Å². The smallest absolute Gasteiger partial charge is 0.233 e. The Morgan fingerprint density at radius 2 is 2.22 bits per heavy atom. The van der Waals surface area contributed by atoms with E-state index in [9.17, 15) is 4.79 Å². The molecule has 0 atom stereocenters. The zero-order valence-electron chi connectivity index (χ0n) is 13.2. The number of thioether (sulfide) groups is 1. The van der Waals surface area contributed by atoms with E-state index in [0.29, 0.717) is 24.6 Å². The van der Waals surface area contributed by atoms with Gasteiger partial charge in [-0.25, -0.2) is 10.1 Å². The zero-order valence-corrected chi connectivity index (χ0v) is 14.1. The van der Waals surface area contributed by atoms with Crippen molar-refractivity contribution in [3.8, 4) is 0 Å². The monoisotopic (exact) mass is 329 g/mol. The van der Waals surface area contributed by atoms with Crippen molar-refractivity contribution in [1.82, 2.24) is 24.5 Å². The minimum Gasteiger partial charge on any atom is -0.338 e. The third-order valence-corrected chi connectivity index (χ3v) is 4.45. The van der Waals surface area contributed by atoms with Crippen LogP contribution in [0.25, 0.3) is 16.8 Å². The number of H-pyrrole nitrogens is 1. The largest absolute Gasteiger partial charge is 0.338 e. The first-order valence-corrected chi connectivity index (χ1v) is 8.45. The number of rotatable bonds is 6. The lowest BCUT2D eigenvalue weighted by Gasteiger charge is -2.20. The van der Waals surface area contributed by atoms with E-state index in [4.69, 9.17) is 0 Å². The number of fused-ring (bicyclic) bond motifs is 3. The summed E-state index contributed by atoms with van der Waals surface area (Å²) >= 11 is 1.41. The minimum atomic E-state index is 0.0843. The Balaban J connectivity index is 1.79. The number of para-hydroxylation sites is 2. The Labute approximate surface area is 138 Å². The van der Waals surface area contributed by atoms with E-state index < -0.39 is 0 Å². The standard InChI is InChI=1S/C16H19N5OS/c1-4-20(9-11(2)3)14(22)10-23-16-19-18-15-17-12-7-5-6-8-13(12)21(15)16/h5-8H,2,4,9-10H2,1,3H3,(H,17,18). The predicted octanol–water partition coefficient (Wildman–Crippen LogP) is 2.73. The molecule has 0 fully saturated rings. The van der Waals surface area contributed by atoms with Crippen LogP contribution in [0.4, 0.5) is 0 Å². The number of aromatic amines is 1. The van der Waals surface area contributed by atoms with Gasteiger partial charge < -0.3 is 4.90 Å². The van der Waals surface area contributed by atoms with Gasteiger partial charge in [0, 0.05) is 13.1 Å². The molecule has 0 saturated carbocycles. The maximum absolute atomic E-state index is 12.3. The number of benzene rings is 1. The minimum absolute atomic E-state index is 0.0843. The number of amides is 1. The summed E-state index contributed by atoms with van der Waals surface area (Å²) in [7, 11) is 0. The summed E-state index contributed by atoms with van der Waals surface area (Å²) in [5.74, 6) is 1.12. The number of nitrogens with one attached hydrogen (secondary N) is 1. The fraction of sp³-hybridized carbons (Fsp3) is 0.312. The quantitative estimate of drug-likeness (QED) is 0.558. The number of likely N-dealkylation sites (N-methyl/N-ethyl adjacent to an activating group) is 1. The van der Waals surface area contributed by atoms with Gasteiger partial charge in [-0.2, -0.15) is 0 Å². The molecule has 120 valence electrons. The molecule has 2 aromatic heterocycles. The van der Waals surface area contributed by atoms with E-state index in [0.717, 1.165) is 21.8 Å². The molecule has 0 bridgehead atoms. The lowest BCUT2D eigenvalue weighted by molar-refractivity contribution is -0.127. The second kappa shape index (κ2) is 6.45. The topological polar surface area (TPSA) is 66.3 Å². The molecule has 7 heteroatoms. The lowest BCUT2D eigenvalue weighted by Crippen LogP contribution is -2.33. The van der Waals surface area contributed by atoms with Crippen molar-refractivity contribution in [2.24, 2.45) is 0 Å². The fourth-order valence-electron chi connectivity index (χ4n) is 2.46. The molecule has 3 rings (SSSR count). The number of imidazole rings is 1. The first-order chi connectivity index (χ1) is 11.1. The van der Waals surface area contributed by atoms with Crippen LogP contribution in [0.1, 0.15) is 13.8 Å². The molecule has 1 N–H and O–H groups in total. The summed E-state index contributed by atoms with van der Waals surface area (Å²) in [6, 6.07) is 7.88. The lowest BCUT2D eigenvalue weighted by atomic mass is 10.3. The first kappa shape index (κ1) is 15.6. The van der Waals surface area contributed by atoms with E-state index in [-0.39, 0.29) is 5.91 Å². The highest BCUT2D eigenvalue weighted by atomic mass is 32.2. The van der Waals surface area contributed by atoms with Gasteiger partial charge in [-0.15, -0.1) is 5.10 Å². The Morgan fingerprint density at radius 3 is 2.96 bits per heavy atom. The van der Waals surface area contributed by atoms with Crippen LogP contribution in [0.15, 0.2) is 41.6 Å². The molecule has 23 heavy (non-hydrogen) atoms. The summed E-state index contributed by atoms with van der Waals surface area (Å²) in [4.78, 5) is 18.6. The Hall–Kier alpha value is -2.28. The van der Waals surface area contributed by atoms with Gasteiger partial charge in [0.05, 0.1) is 16.8 Å². The molecule has 0 aliphatic rings. The third kappa shape index (κ3) is 3.10. The van der Waals surface area contributed by atoms with Crippen molar-refractivity contribution in [3.05, 3.63) is 36.4 Å². The van der Waals surface area contributed by atoms with Crippen LogP contribution in [-0.2, 0) is 4.79 Å². The predicted molar refractivity (Wildman–Crippen MR) is 92.6 cm³/mol. The average Bonchev–Trinajstić information content (AvgIpc) is 3.09. The SMILES string of the molecule is C=C(C)CN(CC)C(=O)CSc1n[nH]c2nc3ccccc3n12. The molecule has 1 aromatic carbocycles. The van der Waals surface area contributed by atoms with E-state index in [1.54, 1.807) is 4.90 Å². The first-order valence-electron chi connectivity index (χ1n) is 7.46. The van der Waals surface area contributed by atoms with Crippen LogP contribution in [-0.4, -0.2) is 49.2 Å². The normalized spacial score (nSPS) is 11.2. The third-order valence-electron chi connectivity index (χ3n) is 3.52. The van der Waals surface area contributed by atoms with Crippen LogP contribution >= 0.6 is 11.8 Å². The average molecular weight is 329 g/mol. The molecule has 6 nitrogen and oxygen atoms in total. The number of hydrogen-bond acceptors (Lipinski definition) is 4. The number of hydrogen-bond donors (Lipinski definition) is 1. The van der Waals surface area contributed by atoms with Crippen molar-refractivity contribution >= 4 is 34.5 Å². The maximum atomic E-state index is 12.3. The van der Waals surface area contributed by atoms with Gasteiger partial charge in [-0.1, -0.05) is 36.0 Å². The van der Waals surface area contributed by atoms with Gasteiger partial charge in [0.25, 0.3) is 0 Å². The number of aromatic nitrogens is 4. The van der Waals surface area contributed by atoms with Gasteiger partial charge in [0.1, 0.15) is 0 Å². The molecule has 0 aliphatic heterocycles. The number of nitrogens with zero attached hydrogens (tertiary/aromatic N) is 4. The molecule has 0 saturated heterocycles. The molecular weight excluding hydrogens is 310 g/mol. The van der Waals surface area contributed by atoms with E-state index in [1.165, 1.54) is 11.8 Å². The molecular formula is C16H19N5OS. The molecule has 2 heterocycles. The van der Waals surface area contributed by atoms with Crippen molar-refractivity contribution < 1.29 is 4.79 Å². The highest BCUT2D eigenvalue weighted by molar-refractivity contribution is 7.99. The van der Waals surface area contributed by atoms with Gasteiger partial charge >= 0.3 is 0 Å². The van der Waals surface area contributed by atoms with Crippen molar-refractivity contribution in [3.63, 3.8) is 0 Å². The van der Waals surface area contributed by atoms with Gasteiger partial charge in [0.2, 0.25) is 11.7 Å². The molecule has 1 amide bonds. The molecule has 0 spiro atoms. The van der Waals surface area contributed by atoms with Crippen LogP contribution in [0.2, 0.25) is 0 Å². The molecule has 0 unspecified atom stereocenters. The Morgan fingerprint density at radius 1 is 1.43 bits per heavy atom. The highest BCUT2D eigenvalue weighted by Gasteiger charge is 2.16. The van der Waals surface area contributed by atoms with Gasteiger partial charge in [-0.05, 0) is 26.0 Å². The van der Waals surface area contributed by atoms with E-state index in [1.807, 2.05) is 42.5 Å². The number of carbonyl (C=O) groups is 1. The Bertz CT molecular complexity index is 866. The molecule has 0 aliphatic carbocycles. The van der Waals surface area contributed by atoms with E-state index >= 15 is 0 Å². The number of carbonyl (C=O) groups excluding carboxylic acids is 1. The summed E-state index contributed by atoms with van der Waals surface area (Å²) in [5, 5.41) is 7.94. The second-order valence-electron chi connectivity index (χ2n) is 5.42. The molecule has 3 aromatic rings. The maximum Gasteiger partial charge on any atom is 0.233 e. The van der Waals surface area contributed by atoms with Crippen LogP contribution in [0.5, 0.6) is 0 Å². The summed E-state index contributed by atoms with van der Waals surface area (Å²) in [5.41, 5.74) is 2.88. The second-order valence-corrected chi connectivity index (χ2v) is 6.36. The van der Waals surface area contributed by atoms with Crippen LogP contribution < -0.4 is 0 Å². The van der Waals surface area contributed by atoms with Crippen molar-refractivity contribution in [2.75, 3.05) is 18.8 Å². The summed E-state index contributed by atoms with van der Waals surface area (Å²) in [6.45, 7) is 9.05. The van der Waals surface area contributed by atoms with Crippen molar-refractivity contribution in [2.45, 2.75) is 19.0 Å². The zero-order chi connectivity index (χ0) is 16.4.